The molecule has 1 aliphatic heterocycles. The van der Waals surface area contributed by atoms with Crippen molar-refractivity contribution in [3.63, 3.8) is 0 Å². The fourth-order valence-electron chi connectivity index (χ4n) is 3.59. The second-order valence-electron chi connectivity index (χ2n) is 7.53. The maximum absolute atomic E-state index is 12.8. The monoisotopic (exact) mass is 497 g/mol. The molecule has 1 N–H and O–H groups in total. The lowest BCUT2D eigenvalue weighted by Crippen LogP contribution is -2.27. The number of rotatable bonds is 7. The van der Waals surface area contributed by atoms with Crippen LogP contribution in [0.4, 0.5) is 11.4 Å². The van der Waals surface area contributed by atoms with Gasteiger partial charge in [-0.05, 0) is 41.5 Å². The Morgan fingerprint density at radius 2 is 1.88 bits per heavy atom. The predicted molar refractivity (Wildman–Crippen MR) is 131 cm³/mol. The van der Waals surface area contributed by atoms with Gasteiger partial charge in [-0.3, -0.25) is 19.7 Å². The molecule has 0 bridgehead atoms. The number of ether oxygens (including phenoxy) is 1. The quantitative estimate of drug-likeness (QED) is 0.352. The normalized spacial score (nSPS) is 15.3. The summed E-state index contributed by atoms with van der Waals surface area (Å²) >= 11 is 7.49. The van der Waals surface area contributed by atoms with Gasteiger partial charge in [0, 0.05) is 29.3 Å². The lowest BCUT2D eigenvalue weighted by atomic mass is 10.1. The number of nitro benzene ring substituents is 1. The number of methoxy groups -OCH3 is 1. The van der Waals surface area contributed by atoms with Crippen molar-refractivity contribution < 1.29 is 19.2 Å². The molecule has 0 radical (unpaired) electrons. The van der Waals surface area contributed by atoms with Crippen molar-refractivity contribution in [1.82, 2.24) is 4.90 Å². The minimum atomic E-state index is -0.541. The SMILES string of the molecule is COc1ccc([N+](=O)[O-])cc1NC(=O)c1ccc([C@@H]2SCC(=O)N2Cc2ccc(Cl)cc2)cc1. The van der Waals surface area contributed by atoms with Gasteiger partial charge in [-0.25, -0.2) is 0 Å². The van der Waals surface area contributed by atoms with Crippen LogP contribution in [-0.4, -0.2) is 34.5 Å². The first-order valence-corrected chi connectivity index (χ1v) is 11.7. The van der Waals surface area contributed by atoms with E-state index in [0.717, 1.165) is 11.1 Å². The Hall–Kier alpha value is -3.56. The summed E-state index contributed by atoms with van der Waals surface area (Å²) in [6, 6.07) is 18.3. The molecule has 1 saturated heterocycles. The molecule has 0 aromatic heterocycles. The number of nitrogens with zero attached hydrogens (tertiary/aromatic N) is 2. The first-order valence-electron chi connectivity index (χ1n) is 10.2. The summed E-state index contributed by atoms with van der Waals surface area (Å²) in [5.41, 5.74) is 2.30. The summed E-state index contributed by atoms with van der Waals surface area (Å²) in [4.78, 5) is 37.6. The van der Waals surface area contributed by atoms with Gasteiger partial charge in [-0.1, -0.05) is 35.9 Å². The van der Waals surface area contributed by atoms with E-state index in [0.29, 0.717) is 28.6 Å². The molecule has 1 atom stereocenters. The number of carbonyl (C=O) groups excluding carboxylic acids is 2. The standard InChI is InChI=1S/C24H20ClN3O5S/c1-33-21-11-10-19(28(31)32)12-20(21)26-23(30)16-4-6-17(7-5-16)24-27(22(29)14-34-24)13-15-2-8-18(25)9-3-15/h2-12,24H,13-14H2,1H3,(H,26,30)/t24-/m0/s1. The summed E-state index contributed by atoms with van der Waals surface area (Å²) in [6.07, 6.45) is 0. The maximum atomic E-state index is 12.8. The fourth-order valence-corrected chi connectivity index (χ4v) is 4.90. The fraction of sp³-hybridized carbons (Fsp3) is 0.167. The van der Waals surface area contributed by atoms with Gasteiger partial charge in [0.25, 0.3) is 11.6 Å². The van der Waals surface area contributed by atoms with Gasteiger partial charge >= 0.3 is 0 Å². The number of carbonyl (C=O) groups is 2. The maximum Gasteiger partial charge on any atom is 0.271 e. The molecular formula is C24H20ClN3O5S. The van der Waals surface area contributed by atoms with E-state index in [1.54, 1.807) is 29.2 Å². The number of halogens is 1. The van der Waals surface area contributed by atoms with E-state index >= 15 is 0 Å². The molecule has 34 heavy (non-hydrogen) atoms. The minimum absolute atomic E-state index is 0.0459. The summed E-state index contributed by atoms with van der Waals surface area (Å²) in [7, 11) is 1.42. The number of benzene rings is 3. The molecule has 10 heteroatoms. The van der Waals surface area contributed by atoms with Crippen LogP contribution in [0.15, 0.2) is 66.7 Å². The zero-order chi connectivity index (χ0) is 24.2. The van der Waals surface area contributed by atoms with Crippen molar-refractivity contribution in [1.29, 1.82) is 0 Å². The molecule has 1 heterocycles. The van der Waals surface area contributed by atoms with Gasteiger partial charge in [0.05, 0.1) is 23.5 Å². The number of hydrogen-bond acceptors (Lipinski definition) is 6. The van der Waals surface area contributed by atoms with Crippen LogP contribution in [0.1, 0.15) is 26.9 Å². The van der Waals surface area contributed by atoms with E-state index in [4.69, 9.17) is 16.3 Å². The first-order chi connectivity index (χ1) is 16.4. The van der Waals surface area contributed by atoms with Crippen LogP contribution in [0, 0.1) is 10.1 Å². The minimum Gasteiger partial charge on any atom is -0.495 e. The van der Waals surface area contributed by atoms with Gasteiger partial charge < -0.3 is 15.0 Å². The first kappa shape index (κ1) is 23.6. The largest absolute Gasteiger partial charge is 0.495 e. The van der Waals surface area contributed by atoms with Crippen molar-refractivity contribution in [2.24, 2.45) is 0 Å². The highest BCUT2D eigenvalue weighted by molar-refractivity contribution is 8.00. The Kier molecular flexibility index (Phi) is 7.04. The number of anilines is 1. The Labute approximate surface area is 205 Å². The van der Waals surface area contributed by atoms with Crippen LogP contribution in [-0.2, 0) is 11.3 Å². The highest BCUT2D eigenvalue weighted by Gasteiger charge is 2.32. The van der Waals surface area contributed by atoms with Crippen LogP contribution in [0.3, 0.4) is 0 Å². The summed E-state index contributed by atoms with van der Waals surface area (Å²) in [5.74, 6) is 0.310. The molecule has 0 spiro atoms. The topological polar surface area (TPSA) is 102 Å². The van der Waals surface area contributed by atoms with Crippen molar-refractivity contribution in [2.45, 2.75) is 11.9 Å². The average Bonchev–Trinajstić information content (AvgIpc) is 3.20. The van der Waals surface area contributed by atoms with E-state index in [9.17, 15) is 19.7 Å². The second-order valence-corrected chi connectivity index (χ2v) is 9.03. The Bertz CT molecular complexity index is 1230. The molecule has 4 rings (SSSR count). The number of nitro groups is 1. The smallest absolute Gasteiger partial charge is 0.271 e. The van der Waals surface area contributed by atoms with E-state index in [2.05, 4.69) is 5.32 Å². The van der Waals surface area contributed by atoms with Crippen molar-refractivity contribution >= 4 is 46.6 Å². The van der Waals surface area contributed by atoms with Crippen molar-refractivity contribution in [3.05, 3.63) is 98.6 Å². The molecule has 0 saturated carbocycles. The zero-order valence-electron chi connectivity index (χ0n) is 18.1. The van der Waals surface area contributed by atoms with Gasteiger partial charge in [0.1, 0.15) is 11.1 Å². The third-order valence-electron chi connectivity index (χ3n) is 5.33. The Morgan fingerprint density at radius 1 is 1.18 bits per heavy atom. The number of nitrogens with one attached hydrogen (secondary N) is 1. The summed E-state index contributed by atoms with van der Waals surface area (Å²) in [6.45, 7) is 0.461. The molecule has 3 aromatic carbocycles. The number of non-ortho nitro benzene ring substituents is 1. The van der Waals surface area contributed by atoms with Crippen LogP contribution in [0.25, 0.3) is 0 Å². The second kappa shape index (κ2) is 10.1. The Balaban J connectivity index is 1.49. The molecule has 0 unspecified atom stereocenters. The molecule has 8 nitrogen and oxygen atoms in total. The van der Waals surface area contributed by atoms with E-state index < -0.39 is 10.8 Å². The molecule has 2 amide bonds. The average molecular weight is 498 g/mol. The third-order valence-corrected chi connectivity index (χ3v) is 6.84. The highest BCUT2D eigenvalue weighted by Crippen LogP contribution is 2.39. The van der Waals surface area contributed by atoms with Crippen LogP contribution < -0.4 is 10.1 Å². The van der Waals surface area contributed by atoms with Crippen molar-refractivity contribution in [2.75, 3.05) is 18.2 Å². The molecule has 174 valence electrons. The summed E-state index contributed by atoms with van der Waals surface area (Å²) < 4.78 is 5.20. The molecule has 1 fully saturated rings. The van der Waals surface area contributed by atoms with Gasteiger partial charge in [0.15, 0.2) is 0 Å². The lowest BCUT2D eigenvalue weighted by molar-refractivity contribution is -0.384. The van der Waals surface area contributed by atoms with Crippen LogP contribution >= 0.6 is 23.4 Å². The van der Waals surface area contributed by atoms with E-state index in [1.807, 2.05) is 24.3 Å². The molecular weight excluding hydrogens is 478 g/mol. The zero-order valence-corrected chi connectivity index (χ0v) is 19.6. The van der Waals surface area contributed by atoms with Gasteiger partial charge in [-0.15, -0.1) is 11.8 Å². The highest BCUT2D eigenvalue weighted by atomic mass is 35.5. The lowest BCUT2D eigenvalue weighted by Gasteiger charge is -2.24. The number of thioether (sulfide) groups is 1. The predicted octanol–water partition coefficient (Wildman–Crippen LogP) is 5.28. The summed E-state index contributed by atoms with van der Waals surface area (Å²) in [5, 5.41) is 14.2. The number of hydrogen-bond donors (Lipinski definition) is 1. The molecule has 1 aliphatic rings. The Morgan fingerprint density at radius 3 is 2.53 bits per heavy atom. The molecule has 0 aliphatic carbocycles. The number of amides is 2. The van der Waals surface area contributed by atoms with Gasteiger partial charge in [0.2, 0.25) is 5.91 Å². The van der Waals surface area contributed by atoms with E-state index in [1.165, 1.54) is 37.1 Å². The van der Waals surface area contributed by atoms with Crippen LogP contribution in [0.5, 0.6) is 5.75 Å². The van der Waals surface area contributed by atoms with Crippen LogP contribution in [0.2, 0.25) is 5.02 Å². The van der Waals surface area contributed by atoms with Gasteiger partial charge in [-0.2, -0.15) is 0 Å². The van der Waals surface area contributed by atoms with Crippen molar-refractivity contribution in [3.8, 4) is 5.75 Å². The van der Waals surface area contributed by atoms with E-state index in [-0.39, 0.29) is 22.7 Å². The third kappa shape index (κ3) is 5.16. The molecule has 3 aromatic rings.